The second kappa shape index (κ2) is 7.74. The fourth-order valence-corrected chi connectivity index (χ4v) is 2.43. The molecule has 1 atom stereocenters. The molecule has 120 valence electrons. The van der Waals surface area contributed by atoms with Crippen LogP contribution in [0.25, 0.3) is 0 Å². The zero-order valence-electron chi connectivity index (χ0n) is 12.9. The van der Waals surface area contributed by atoms with Crippen molar-refractivity contribution < 1.29 is 9.59 Å². The fourth-order valence-electron chi connectivity index (χ4n) is 2.17. The number of carbonyl (C=O) groups is 2. The lowest BCUT2D eigenvalue weighted by molar-refractivity contribution is -0.125. The van der Waals surface area contributed by atoms with E-state index in [9.17, 15) is 9.59 Å². The maximum atomic E-state index is 12.0. The Morgan fingerprint density at radius 2 is 1.82 bits per heavy atom. The molecule has 1 aromatic carbocycles. The van der Waals surface area contributed by atoms with Crippen LogP contribution in [0.3, 0.4) is 0 Å². The maximum absolute atomic E-state index is 12.0. The lowest BCUT2D eigenvalue weighted by Gasteiger charge is -2.19. The molecule has 2 amide bonds. The molecule has 5 nitrogen and oxygen atoms in total. The van der Waals surface area contributed by atoms with Gasteiger partial charge in [0.15, 0.2) is 0 Å². The molecule has 2 N–H and O–H groups in total. The van der Waals surface area contributed by atoms with Gasteiger partial charge in [-0.2, -0.15) is 0 Å². The summed E-state index contributed by atoms with van der Waals surface area (Å²) in [6.45, 7) is 2.40. The summed E-state index contributed by atoms with van der Waals surface area (Å²) in [4.78, 5) is 25.4. The van der Waals surface area contributed by atoms with E-state index in [-0.39, 0.29) is 30.9 Å². The lowest BCUT2D eigenvalue weighted by Crippen LogP contribution is -2.41. The first-order valence-corrected chi connectivity index (χ1v) is 8.26. The average molecular weight is 368 g/mol. The number of rotatable bonds is 7. The highest BCUT2D eigenvalue weighted by Gasteiger charge is 2.23. The van der Waals surface area contributed by atoms with Gasteiger partial charge in [-0.15, -0.1) is 0 Å². The van der Waals surface area contributed by atoms with Crippen LogP contribution in [0.1, 0.15) is 31.4 Å². The zero-order chi connectivity index (χ0) is 16.1. The van der Waals surface area contributed by atoms with Crippen LogP contribution in [0.4, 0.5) is 0 Å². The smallest absolute Gasteiger partial charge is 0.234 e. The van der Waals surface area contributed by atoms with Gasteiger partial charge in [0.2, 0.25) is 11.8 Å². The van der Waals surface area contributed by atoms with Crippen molar-refractivity contribution in [3.63, 3.8) is 0 Å². The number of nitrogens with zero attached hydrogens (tertiary/aromatic N) is 1. The van der Waals surface area contributed by atoms with Crippen LogP contribution in [-0.2, 0) is 9.59 Å². The summed E-state index contributed by atoms with van der Waals surface area (Å²) in [5, 5.41) is 5.86. The first-order chi connectivity index (χ1) is 10.4. The highest BCUT2D eigenvalue weighted by atomic mass is 79.9. The Bertz CT molecular complexity index is 529. The monoisotopic (exact) mass is 367 g/mol. The van der Waals surface area contributed by atoms with E-state index in [1.165, 1.54) is 0 Å². The molecular formula is C16H22BrN3O2. The van der Waals surface area contributed by atoms with Crippen molar-refractivity contribution >= 4 is 27.7 Å². The number of amides is 2. The van der Waals surface area contributed by atoms with Crippen molar-refractivity contribution in [3.05, 3.63) is 34.3 Å². The van der Waals surface area contributed by atoms with Gasteiger partial charge < -0.3 is 10.6 Å². The molecule has 1 aromatic rings. The summed E-state index contributed by atoms with van der Waals surface area (Å²) >= 11 is 3.39. The predicted octanol–water partition coefficient (Wildman–Crippen LogP) is 1.84. The number of hydrogen-bond donors (Lipinski definition) is 2. The Hall–Kier alpha value is -1.40. The van der Waals surface area contributed by atoms with Gasteiger partial charge >= 0.3 is 0 Å². The Labute approximate surface area is 139 Å². The molecule has 0 heterocycles. The van der Waals surface area contributed by atoms with Gasteiger partial charge in [-0.3, -0.25) is 14.5 Å². The van der Waals surface area contributed by atoms with E-state index in [4.69, 9.17) is 0 Å². The van der Waals surface area contributed by atoms with Crippen molar-refractivity contribution in [2.45, 2.75) is 31.8 Å². The molecule has 0 aliphatic heterocycles. The second-order valence-electron chi connectivity index (χ2n) is 5.85. The van der Waals surface area contributed by atoms with E-state index in [1.54, 1.807) is 11.9 Å². The molecule has 2 rings (SSSR count). The minimum absolute atomic E-state index is 0.0150. The van der Waals surface area contributed by atoms with Crippen molar-refractivity contribution in [1.82, 2.24) is 15.5 Å². The van der Waals surface area contributed by atoms with Gasteiger partial charge in [0.25, 0.3) is 0 Å². The molecule has 0 aromatic heterocycles. The highest BCUT2D eigenvalue weighted by molar-refractivity contribution is 9.10. The maximum Gasteiger partial charge on any atom is 0.234 e. The largest absolute Gasteiger partial charge is 0.352 e. The van der Waals surface area contributed by atoms with Gasteiger partial charge in [0.1, 0.15) is 0 Å². The number of nitrogens with one attached hydrogen (secondary N) is 2. The lowest BCUT2D eigenvalue weighted by atomic mass is 10.1. The Morgan fingerprint density at radius 3 is 2.41 bits per heavy atom. The molecule has 6 heteroatoms. The Morgan fingerprint density at radius 1 is 1.23 bits per heavy atom. The summed E-state index contributed by atoms with van der Waals surface area (Å²) in [6, 6.07) is 8.14. The third-order valence-corrected chi connectivity index (χ3v) is 4.05. The first kappa shape index (κ1) is 17.0. The molecular weight excluding hydrogens is 346 g/mol. The predicted molar refractivity (Wildman–Crippen MR) is 89.4 cm³/mol. The van der Waals surface area contributed by atoms with Crippen molar-refractivity contribution in [3.8, 4) is 0 Å². The minimum atomic E-state index is -0.0860. The third kappa shape index (κ3) is 5.77. The van der Waals surface area contributed by atoms with Gasteiger partial charge in [-0.05, 0) is 44.5 Å². The van der Waals surface area contributed by atoms with E-state index in [2.05, 4.69) is 26.6 Å². The van der Waals surface area contributed by atoms with Gasteiger partial charge in [-0.25, -0.2) is 0 Å². The minimum Gasteiger partial charge on any atom is -0.352 e. The second-order valence-corrected chi connectivity index (χ2v) is 6.77. The summed E-state index contributed by atoms with van der Waals surface area (Å²) in [7, 11) is 1.77. The molecule has 1 aliphatic rings. The summed E-state index contributed by atoms with van der Waals surface area (Å²) in [6.07, 6.45) is 2.14. The highest BCUT2D eigenvalue weighted by Crippen LogP contribution is 2.18. The molecule has 0 radical (unpaired) electrons. The molecule has 1 aliphatic carbocycles. The number of likely N-dealkylation sites (N-methyl/N-ethyl adjacent to an activating group) is 1. The summed E-state index contributed by atoms with van der Waals surface area (Å²) in [5.74, 6) is -0.101. The first-order valence-electron chi connectivity index (χ1n) is 7.47. The molecule has 22 heavy (non-hydrogen) atoms. The van der Waals surface area contributed by atoms with E-state index in [0.717, 1.165) is 22.9 Å². The Kier molecular flexibility index (Phi) is 5.97. The van der Waals surface area contributed by atoms with Crippen LogP contribution in [-0.4, -0.2) is 42.9 Å². The van der Waals surface area contributed by atoms with Crippen LogP contribution in [0.15, 0.2) is 28.7 Å². The molecule has 0 saturated heterocycles. The topological polar surface area (TPSA) is 61.4 Å². The van der Waals surface area contributed by atoms with Crippen LogP contribution < -0.4 is 10.6 Å². The van der Waals surface area contributed by atoms with Crippen molar-refractivity contribution in [1.29, 1.82) is 0 Å². The summed E-state index contributed by atoms with van der Waals surface area (Å²) < 4.78 is 1.01. The number of hydrogen-bond acceptors (Lipinski definition) is 3. The number of benzene rings is 1. The van der Waals surface area contributed by atoms with Crippen molar-refractivity contribution in [2.75, 3.05) is 20.1 Å². The fraction of sp³-hybridized carbons (Fsp3) is 0.500. The van der Waals surface area contributed by atoms with Crippen LogP contribution >= 0.6 is 15.9 Å². The van der Waals surface area contributed by atoms with Crippen molar-refractivity contribution in [2.24, 2.45) is 0 Å². The normalized spacial score (nSPS) is 15.5. The Balaban J connectivity index is 1.73. The van der Waals surface area contributed by atoms with E-state index < -0.39 is 0 Å². The van der Waals surface area contributed by atoms with Gasteiger partial charge in [0, 0.05) is 10.5 Å². The SMILES string of the molecule is CC(NC(=O)CN(C)CC(=O)NC1CC1)c1ccc(Br)cc1. The van der Waals surface area contributed by atoms with E-state index in [0.29, 0.717) is 6.04 Å². The molecule has 0 spiro atoms. The number of carbonyl (C=O) groups excluding carboxylic acids is 2. The molecule has 1 saturated carbocycles. The zero-order valence-corrected chi connectivity index (χ0v) is 14.5. The molecule has 0 bridgehead atoms. The van der Waals surface area contributed by atoms with Gasteiger partial charge in [-0.1, -0.05) is 28.1 Å². The van der Waals surface area contributed by atoms with Crippen LogP contribution in [0.5, 0.6) is 0 Å². The standard InChI is InChI=1S/C16H22BrN3O2/c1-11(12-3-5-13(17)6-4-12)18-15(21)9-20(2)10-16(22)19-14-7-8-14/h3-6,11,14H,7-10H2,1-2H3,(H,18,21)(H,19,22). The molecule has 1 fully saturated rings. The van der Waals surface area contributed by atoms with Crippen LogP contribution in [0, 0.1) is 0 Å². The average Bonchev–Trinajstić information content (AvgIpc) is 3.22. The number of halogens is 1. The third-order valence-electron chi connectivity index (χ3n) is 3.52. The summed E-state index contributed by atoms with van der Waals surface area (Å²) in [5.41, 5.74) is 1.05. The van der Waals surface area contributed by atoms with Gasteiger partial charge in [0.05, 0.1) is 19.1 Å². The van der Waals surface area contributed by atoms with E-state index >= 15 is 0 Å². The quantitative estimate of drug-likeness (QED) is 0.772. The van der Waals surface area contributed by atoms with Crippen LogP contribution in [0.2, 0.25) is 0 Å². The molecule has 1 unspecified atom stereocenters. The van der Waals surface area contributed by atoms with E-state index in [1.807, 2.05) is 31.2 Å².